The Morgan fingerprint density at radius 1 is 1.91 bits per heavy atom. The fourth-order valence-corrected chi connectivity index (χ4v) is 0.786. The van der Waals surface area contributed by atoms with Gasteiger partial charge in [-0.25, -0.2) is 4.79 Å². The number of H-pyrrole nitrogens is 1. The number of carbonyl (C=O) groups excluding carboxylic acids is 1. The molecule has 0 fully saturated rings. The first-order valence-corrected chi connectivity index (χ1v) is 3.49. The van der Waals surface area contributed by atoms with Crippen molar-refractivity contribution in [2.45, 2.75) is 6.92 Å². The predicted molar refractivity (Wildman–Crippen MR) is 39.6 cm³/mol. The Hall–Kier alpha value is -1.03. The largest absolute Gasteiger partial charge is 0.461 e. The highest BCUT2D eigenvalue weighted by Crippen LogP contribution is 2.11. The highest BCUT2D eigenvalue weighted by molar-refractivity contribution is 6.33. The molecule has 0 saturated heterocycles. The second-order valence-corrected chi connectivity index (χ2v) is 2.22. The minimum absolute atomic E-state index is 0.202. The molecular formula is C6H7ClN2O2. The summed E-state index contributed by atoms with van der Waals surface area (Å²) in [6, 6.07) is 0. The van der Waals surface area contributed by atoms with Gasteiger partial charge in [-0.3, -0.25) is 5.10 Å². The second-order valence-electron chi connectivity index (χ2n) is 1.81. The number of aromatic amines is 1. The van der Waals surface area contributed by atoms with Crippen molar-refractivity contribution in [1.82, 2.24) is 10.2 Å². The molecule has 0 bridgehead atoms. The number of ether oxygens (including phenoxy) is 1. The van der Waals surface area contributed by atoms with E-state index in [1.54, 1.807) is 6.92 Å². The van der Waals surface area contributed by atoms with Crippen molar-refractivity contribution in [1.29, 1.82) is 0 Å². The first kappa shape index (κ1) is 8.07. The van der Waals surface area contributed by atoms with Crippen molar-refractivity contribution >= 4 is 17.6 Å². The van der Waals surface area contributed by atoms with Crippen LogP contribution in [0.15, 0.2) is 6.20 Å². The molecule has 1 aromatic heterocycles. The zero-order chi connectivity index (χ0) is 8.27. The van der Waals surface area contributed by atoms with E-state index < -0.39 is 5.97 Å². The first-order valence-electron chi connectivity index (χ1n) is 3.11. The Morgan fingerprint density at radius 3 is 3.09 bits per heavy atom. The van der Waals surface area contributed by atoms with Crippen LogP contribution in [0.25, 0.3) is 0 Å². The van der Waals surface area contributed by atoms with Crippen LogP contribution in [0.4, 0.5) is 0 Å². The van der Waals surface area contributed by atoms with Crippen LogP contribution in [-0.2, 0) is 4.74 Å². The molecule has 0 radical (unpaired) electrons. The van der Waals surface area contributed by atoms with Gasteiger partial charge in [0.1, 0.15) is 0 Å². The lowest BCUT2D eigenvalue weighted by Gasteiger charge is -1.97. The smallest absolute Gasteiger partial charge is 0.357 e. The van der Waals surface area contributed by atoms with Crippen LogP contribution < -0.4 is 0 Å². The molecule has 0 aromatic carbocycles. The zero-order valence-corrected chi connectivity index (χ0v) is 6.68. The van der Waals surface area contributed by atoms with Crippen LogP contribution in [-0.4, -0.2) is 22.8 Å². The lowest BCUT2D eigenvalue weighted by atomic mass is 10.4. The molecule has 0 aliphatic rings. The predicted octanol–water partition coefficient (Wildman–Crippen LogP) is 1.24. The average Bonchev–Trinajstić information content (AvgIpc) is 2.36. The van der Waals surface area contributed by atoms with Gasteiger partial charge in [-0.1, -0.05) is 11.6 Å². The Bertz CT molecular complexity index is 259. The molecule has 0 saturated carbocycles. The Balaban J connectivity index is 2.76. The van der Waals surface area contributed by atoms with Gasteiger partial charge in [0.15, 0.2) is 5.69 Å². The third kappa shape index (κ3) is 1.71. The van der Waals surface area contributed by atoms with Crippen molar-refractivity contribution in [2.24, 2.45) is 0 Å². The van der Waals surface area contributed by atoms with E-state index in [4.69, 9.17) is 11.6 Å². The number of hydrogen-bond donors (Lipinski definition) is 1. The van der Waals surface area contributed by atoms with Crippen LogP contribution in [0, 0.1) is 0 Å². The van der Waals surface area contributed by atoms with Crippen LogP contribution in [0.1, 0.15) is 17.4 Å². The molecule has 5 heteroatoms. The Kier molecular flexibility index (Phi) is 2.48. The third-order valence-electron chi connectivity index (χ3n) is 1.07. The molecule has 0 amide bonds. The molecular weight excluding hydrogens is 168 g/mol. The number of nitrogens with one attached hydrogen (secondary N) is 1. The van der Waals surface area contributed by atoms with Gasteiger partial charge in [-0.05, 0) is 6.92 Å². The highest BCUT2D eigenvalue weighted by Gasteiger charge is 2.12. The van der Waals surface area contributed by atoms with Gasteiger partial charge >= 0.3 is 5.97 Å². The van der Waals surface area contributed by atoms with Crippen LogP contribution in [0.2, 0.25) is 5.02 Å². The molecule has 1 N–H and O–H groups in total. The van der Waals surface area contributed by atoms with E-state index in [2.05, 4.69) is 14.9 Å². The van der Waals surface area contributed by atoms with Gasteiger partial charge in [0.2, 0.25) is 0 Å². The molecule has 60 valence electrons. The van der Waals surface area contributed by atoms with E-state index >= 15 is 0 Å². The van der Waals surface area contributed by atoms with E-state index in [-0.39, 0.29) is 10.7 Å². The number of rotatable bonds is 2. The highest BCUT2D eigenvalue weighted by atomic mass is 35.5. The van der Waals surface area contributed by atoms with Gasteiger partial charge in [-0.2, -0.15) is 5.10 Å². The number of hydrogen-bond acceptors (Lipinski definition) is 3. The van der Waals surface area contributed by atoms with Gasteiger partial charge in [0.25, 0.3) is 0 Å². The summed E-state index contributed by atoms with van der Waals surface area (Å²) in [5.74, 6) is -0.477. The minimum Gasteiger partial charge on any atom is -0.461 e. The van der Waals surface area contributed by atoms with E-state index in [0.29, 0.717) is 6.61 Å². The maximum atomic E-state index is 10.9. The number of carbonyl (C=O) groups is 1. The zero-order valence-electron chi connectivity index (χ0n) is 5.93. The minimum atomic E-state index is -0.477. The molecule has 0 aliphatic heterocycles. The molecule has 0 spiro atoms. The quantitative estimate of drug-likeness (QED) is 0.687. The molecule has 0 unspecified atom stereocenters. The maximum Gasteiger partial charge on any atom is 0.357 e. The van der Waals surface area contributed by atoms with Crippen LogP contribution in [0.5, 0.6) is 0 Å². The third-order valence-corrected chi connectivity index (χ3v) is 1.36. The number of esters is 1. The molecule has 1 rings (SSSR count). The van der Waals surface area contributed by atoms with E-state index in [1.165, 1.54) is 6.20 Å². The summed E-state index contributed by atoms with van der Waals surface area (Å²) in [5.41, 5.74) is 0.202. The Morgan fingerprint density at radius 2 is 2.64 bits per heavy atom. The average molecular weight is 175 g/mol. The molecule has 0 atom stereocenters. The van der Waals surface area contributed by atoms with E-state index in [9.17, 15) is 4.79 Å². The standard InChI is InChI=1S/C6H7ClN2O2/c1-2-11-6(10)5-4(7)3-8-9-5/h3H,2H2,1H3,(H,8,9). The van der Waals surface area contributed by atoms with Gasteiger partial charge in [0, 0.05) is 0 Å². The van der Waals surface area contributed by atoms with Crippen molar-refractivity contribution < 1.29 is 9.53 Å². The van der Waals surface area contributed by atoms with Crippen molar-refractivity contribution in [2.75, 3.05) is 6.61 Å². The lowest BCUT2D eigenvalue weighted by molar-refractivity contribution is 0.0519. The fraction of sp³-hybridized carbons (Fsp3) is 0.333. The number of aromatic nitrogens is 2. The van der Waals surface area contributed by atoms with Gasteiger partial charge in [-0.15, -0.1) is 0 Å². The van der Waals surface area contributed by atoms with E-state index in [1.807, 2.05) is 0 Å². The van der Waals surface area contributed by atoms with Crippen LogP contribution >= 0.6 is 11.6 Å². The summed E-state index contributed by atoms with van der Waals surface area (Å²) < 4.78 is 4.67. The summed E-state index contributed by atoms with van der Waals surface area (Å²) in [5, 5.41) is 6.28. The normalized spacial score (nSPS) is 9.64. The van der Waals surface area contributed by atoms with Crippen LogP contribution in [0.3, 0.4) is 0 Å². The second kappa shape index (κ2) is 3.39. The topological polar surface area (TPSA) is 55.0 Å². The molecule has 11 heavy (non-hydrogen) atoms. The summed E-state index contributed by atoms with van der Waals surface area (Å²) in [7, 11) is 0. The van der Waals surface area contributed by atoms with E-state index in [0.717, 1.165) is 0 Å². The molecule has 0 aliphatic carbocycles. The summed E-state index contributed by atoms with van der Waals surface area (Å²) in [6.07, 6.45) is 1.35. The van der Waals surface area contributed by atoms with Crippen molar-refractivity contribution in [3.05, 3.63) is 16.9 Å². The molecule has 1 heterocycles. The van der Waals surface area contributed by atoms with Crippen molar-refractivity contribution in [3.63, 3.8) is 0 Å². The first-order chi connectivity index (χ1) is 5.25. The summed E-state index contributed by atoms with van der Waals surface area (Å²) in [6.45, 7) is 2.05. The molecule has 1 aromatic rings. The van der Waals surface area contributed by atoms with Gasteiger partial charge in [0.05, 0.1) is 17.8 Å². The van der Waals surface area contributed by atoms with Crippen molar-refractivity contribution in [3.8, 4) is 0 Å². The number of halogens is 1. The SMILES string of the molecule is CCOC(=O)c1[nH]ncc1Cl. The summed E-state index contributed by atoms with van der Waals surface area (Å²) >= 11 is 5.58. The lowest BCUT2D eigenvalue weighted by Crippen LogP contribution is -2.05. The summed E-state index contributed by atoms with van der Waals surface area (Å²) in [4.78, 5) is 10.9. The Labute approximate surface area is 68.5 Å². The number of nitrogens with zero attached hydrogens (tertiary/aromatic N) is 1. The fourth-order valence-electron chi connectivity index (χ4n) is 0.618. The molecule has 4 nitrogen and oxygen atoms in total. The maximum absolute atomic E-state index is 10.9. The monoisotopic (exact) mass is 174 g/mol. The van der Waals surface area contributed by atoms with Gasteiger partial charge < -0.3 is 4.74 Å².